The number of anilines is 1. The van der Waals surface area contributed by atoms with Crippen LogP contribution in [-0.2, 0) is 14.3 Å². The second kappa shape index (κ2) is 6.16. The summed E-state index contributed by atoms with van der Waals surface area (Å²) >= 11 is 0. The number of benzene rings is 1. The van der Waals surface area contributed by atoms with E-state index in [9.17, 15) is 9.59 Å². The Morgan fingerprint density at radius 1 is 1.22 bits per heavy atom. The Balaban J connectivity index is 3.09. The summed E-state index contributed by atoms with van der Waals surface area (Å²) in [5.74, 6) is -0.704. The molecular formula is C13H17NO4. The van der Waals surface area contributed by atoms with Crippen molar-refractivity contribution in [3.63, 3.8) is 0 Å². The lowest BCUT2D eigenvalue weighted by atomic mass is 10.1. The van der Waals surface area contributed by atoms with Crippen molar-refractivity contribution in [1.29, 1.82) is 0 Å². The van der Waals surface area contributed by atoms with Crippen LogP contribution in [0.3, 0.4) is 0 Å². The Labute approximate surface area is 106 Å². The molecule has 1 aromatic rings. The first-order valence-electron chi connectivity index (χ1n) is 5.50. The summed E-state index contributed by atoms with van der Waals surface area (Å²) in [5, 5.41) is 0. The minimum atomic E-state index is -0.569. The van der Waals surface area contributed by atoms with Crippen molar-refractivity contribution in [3.8, 4) is 0 Å². The molecule has 0 saturated heterocycles. The topological polar surface area (TPSA) is 55.8 Å². The van der Waals surface area contributed by atoms with Crippen LogP contribution in [0.25, 0.3) is 0 Å². The van der Waals surface area contributed by atoms with Gasteiger partial charge in [0.1, 0.15) is 6.10 Å². The van der Waals surface area contributed by atoms with Crippen LogP contribution in [0.2, 0.25) is 0 Å². The predicted molar refractivity (Wildman–Crippen MR) is 67.7 cm³/mol. The van der Waals surface area contributed by atoms with Crippen LogP contribution in [-0.4, -0.2) is 39.2 Å². The van der Waals surface area contributed by atoms with Gasteiger partial charge in [0.25, 0.3) is 5.91 Å². The van der Waals surface area contributed by atoms with Gasteiger partial charge in [0.2, 0.25) is 0 Å². The van der Waals surface area contributed by atoms with Crippen LogP contribution >= 0.6 is 0 Å². The molecular weight excluding hydrogens is 234 g/mol. The highest BCUT2D eigenvalue weighted by Gasteiger charge is 2.22. The fraction of sp³-hybridized carbons (Fsp3) is 0.385. The fourth-order valence-corrected chi connectivity index (χ4v) is 1.54. The van der Waals surface area contributed by atoms with Crippen LogP contribution in [0, 0.1) is 0 Å². The third kappa shape index (κ3) is 2.87. The number of carbonyl (C=O) groups is 2. The zero-order valence-electron chi connectivity index (χ0n) is 11.0. The summed E-state index contributed by atoms with van der Waals surface area (Å²) in [6.07, 6.45) is -0.569. The normalized spacial score (nSPS) is 11.8. The van der Waals surface area contributed by atoms with Crippen molar-refractivity contribution in [1.82, 2.24) is 0 Å². The molecule has 0 fully saturated rings. The summed E-state index contributed by atoms with van der Waals surface area (Å²) in [7, 11) is 4.36. The molecule has 1 rings (SSSR count). The monoisotopic (exact) mass is 251 g/mol. The third-order valence-corrected chi connectivity index (χ3v) is 2.70. The van der Waals surface area contributed by atoms with Crippen LogP contribution in [0.4, 0.5) is 5.69 Å². The van der Waals surface area contributed by atoms with E-state index in [1.807, 2.05) is 0 Å². The molecule has 0 bridgehead atoms. The summed E-state index contributed by atoms with van der Waals surface area (Å²) < 4.78 is 9.66. The van der Waals surface area contributed by atoms with Crippen molar-refractivity contribution in [2.45, 2.75) is 13.0 Å². The highest BCUT2D eigenvalue weighted by atomic mass is 16.5. The van der Waals surface area contributed by atoms with Crippen molar-refractivity contribution in [2.24, 2.45) is 0 Å². The van der Waals surface area contributed by atoms with Gasteiger partial charge < -0.3 is 14.4 Å². The Bertz CT molecular complexity index is 444. The first-order valence-corrected chi connectivity index (χ1v) is 5.50. The minimum Gasteiger partial charge on any atom is -0.465 e. The van der Waals surface area contributed by atoms with Gasteiger partial charge in [-0.2, -0.15) is 0 Å². The molecule has 0 aromatic heterocycles. The first kappa shape index (κ1) is 14.2. The van der Waals surface area contributed by atoms with Crippen LogP contribution in [0.1, 0.15) is 17.3 Å². The SMILES string of the molecule is COC(=O)c1ccccc1N(C)C(=O)[C@H](C)OC. The summed E-state index contributed by atoms with van der Waals surface area (Å²) in [4.78, 5) is 25.0. The summed E-state index contributed by atoms with van der Waals surface area (Å²) in [6.45, 7) is 1.65. The molecule has 0 spiro atoms. The Morgan fingerprint density at radius 2 is 1.83 bits per heavy atom. The minimum absolute atomic E-state index is 0.228. The Kier molecular flexibility index (Phi) is 4.85. The van der Waals surface area contributed by atoms with Gasteiger partial charge in [0.15, 0.2) is 0 Å². The number of methoxy groups -OCH3 is 2. The Morgan fingerprint density at radius 3 is 2.39 bits per heavy atom. The van der Waals surface area contributed by atoms with E-state index in [4.69, 9.17) is 4.74 Å². The molecule has 0 aliphatic heterocycles. The van der Waals surface area contributed by atoms with E-state index in [-0.39, 0.29) is 5.91 Å². The van der Waals surface area contributed by atoms with Gasteiger partial charge >= 0.3 is 5.97 Å². The molecule has 98 valence electrons. The lowest BCUT2D eigenvalue weighted by Gasteiger charge is -2.22. The zero-order chi connectivity index (χ0) is 13.7. The van der Waals surface area contributed by atoms with Crippen molar-refractivity contribution >= 4 is 17.6 Å². The number of carbonyl (C=O) groups excluding carboxylic acids is 2. The number of para-hydroxylation sites is 1. The van der Waals surface area contributed by atoms with Gasteiger partial charge in [-0.05, 0) is 19.1 Å². The van der Waals surface area contributed by atoms with Gasteiger partial charge in [-0.15, -0.1) is 0 Å². The smallest absolute Gasteiger partial charge is 0.339 e. The molecule has 18 heavy (non-hydrogen) atoms. The molecule has 0 aliphatic carbocycles. The van der Waals surface area contributed by atoms with Gasteiger partial charge in [-0.1, -0.05) is 12.1 Å². The van der Waals surface area contributed by atoms with Gasteiger partial charge in [0.05, 0.1) is 18.4 Å². The van der Waals surface area contributed by atoms with Gasteiger partial charge in [0, 0.05) is 14.2 Å². The highest BCUT2D eigenvalue weighted by molar-refractivity contribution is 6.03. The molecule has 5 heteroatoms. The average Bonchev–Trinajstić information content (AvgIpc) is 2.43. The third-order valence-electron chi connectivity index (χ3n) is 2.70. The number of rotatable bonds is 4. The fourth-order valence-electron chi connectivity index (χ4n) is 1.54. The molecule has 5 nitrogen and oxygen atoms in total. The van der Waals surface area contributed by atoms with E-state index in [0.717, 1.165) is 0 Å². The maximum atomic E-state index is 12.0. The number of esters is 1. The van der Waals surface area contributed by atoms with Gasteiger partial charge in [-0.25, -0.2) is 4.79 Å². The van der Waals surface area contributed by atoms with E-state index < -0.39 is 12.1 Å². The summed E-state index contributed by atoms with van der Waals surface area (Å²) in [5.41, 5.74) is 0.845. The lowest BCUT2D eigenvalue weighted by Crippen LogP contribution is -2.36. The second-order valence-corrected chi connectivity index (χ2v) is 3.78. The van der Waals surface area contributed by atoms with E-state index in [0.29, 0.717) is 11.3 Å². The summed E-state index contributed by atoms with van der Waals surface area (Å²) in [6, 6.07) is 6.77. The molecule has 0 aliphatic rings. The standard InChI is InChI=1S/C13H17NO4/c1-9(17-3)12(15)14(2)11-8-6-5-7-10(11)13(16)18-4/h5-9H,1-4H3/t9-/m0/s1. The quantitative estimate of drug-likeness (QED) is 0.760. The second-order valence-electron chi connectivity index (χ2n) is 3.78. The lowest BCUT2D eigenvalue weighted by molar-refractivity contribution is -0.127. The van der Waals surface area contributed by atoms with Crippen LogP contribution in [0.15, 0.2) is 24.3 Å². The molecule has 0 saturated carbocycles. The first-order chi connectivity index (χ1) is 8.52. The van der Waals surface area contributed by atoms with Crippen molar-refractivity contribution in [2.75, 3.05) is 26.2 Å². The molecule has 1 atom stereocenters. The molecule has 0 unspecified atom stereocenters. The largest absolute Gasteiger partial charge is 0.465 e. The number of ether oxygens (including phenoxy) is 2. The molecule has 0 heterocycles. The van der Waals surface area contributed by atoms with Crippen LogP contribution in [0.5, 0.6) is 0 Å². The van der Waals surface area contributed by atoms with E-state index in [1.54, 1.807) is 38.2 Å². The van der Waals surface area contributed by atoms with E-state index >= 15 is 0 Å². The van der Waals surface area contributed by atoms with Gasteiger partial charge in [-0.3, -0.25) is 4.79 Å². The number of likely N-dealkylation sites (N-methyl/N-ethyl adjacent to an activating group) is 1. The number of amides is 1. The van der Waals surface area contributed by atoms with E-state index in [1.165, 1.54) is 19.1 Å². The Hall–Kier alpha value is -1.88. The maximum absolute atomic E-state index is 12.0. The molecule has 1 amide bonds. The van der Waals surface area contributed by atoms with Crippen LogP contribution < -0.4 is 4.90 Å². The number of nitrogens with zero attached hydrogens (tertiary/aromatic N) is 1. The maximum Gasteiger partial charge on any atom is 0.339 e. The molecule has 0 radical (unpaired) electrons. The van der Waals surface area contributed by atoms with E-state index in [2.05, 4.69) is 4.74 Å². The molecule has 1 aromatic carbocycles. The zero-order valence-corrected chi connectivity index (χ0v) is 11.0. The number of hydrogen-bond donors (Lipinski definition) is 0. The predicted octanol–water partition coefficient (Wildman–Crippen LogP) is 1.47. The van der Waals surface area contributed by atoms with Crippen molar-refractivity contribution < 1.29 is 19.1 Å². The van der Waals surface area contributed by atoms with Crippen molar-refractivity contribution in [3.05, 3.63) is 29.8 Å². The highest BCUT2D eigenvalue weighted by Crippen LogP contribution is 2.20. The number of hydrogen-bond acceptors (Lipinski definition) is 4. The average molecular weight is 251 g/mol. The molecule has 0 N–H and O–H groups in total.